The van der Waals surface area contributed by atoms with Crippen molar-refractivity contribution in [2.45, 2.75) is 18.9 Å². The van der Waals surface area contributed by atoms with Gasteiger partial charge in [0.1, 0.15) is 11.0 Å². The number of aromatic nitrogens is 2. The first-order valence-corrected chi connectivity index (χ1v) is 9.03. The van der Waals surface area contributed by atoms with E-state index in [-0.39, 0.29) is 11.9 Å². The largest absolute Gasteiger partial charge is 0.331 e. The Bertz CT molecular complexity index is 777. The molecule has 1 aliphatic rings. The van der Waals surface area contributed by atoms with E-state index in [9.17, 15) is 9.59 Å². The summed E-state index contributed by atoms with van der Waals surface area (Å²) in [6.45, 7) is 0.585. The van der Waals surface area contributed by atoms with Crippen LogP contribution in [0.5, 0.6) is 0 Å². The van der Waals surface area contributed by atoms with Gasteiger partial charge in [-0.05, 0) is 25.0 Å². The summed E-state index contributed by atoms with van der Waals surface area (Å²) in [7, 11) is 3.36. The Hall–Kier alpha value is -2.19. The maximum Gasteiger partial charge on any atom is 0.320 e. The molecule has 1 aromatic carbocycles. The molecule has 2 heterocycles. The Balaban J connectivity index is 1.69. The molecule has 1 fully saturated rings. The molecule has 1 aromatic heterocycles. The first-order valence-electron chi connectivity index (χ1n) is 7.84. The van der Waals surface area contributed by atoms with E-state index in [1.807, 2.05) is 12.1 Å². The Morgan fingerprint density at radius 3 is 2.68 bits per heavy atom. The summed E-state index contributed by atoms with van der Waals surface area (Å²) < 4.78 is 0. The lowest BCUT2D eigenvalue weighted by Gasteiger charge is -2.26. The molecule has 9 heteroatoms. The van der Waals surface area contributed by atoms with Gasteiger partial charge in [-0.3, -0.25) is 10.1 Å². The van der Waals surface area contributed by atoms with Crippen LogP contribution in [0.25, 0.3) is 10.6 Å². The molecular formula is C16H18ClN5O2S. The van der Waals surface area contributed by atoms with Crippen LogP contribution >= 0.6 is 22.9 Å². The first kappa shape index (κ1) is 17.6. The summed E-state index contributed by atoms with van der Waals surface area (Å²) in [6.07, 6.45) is 1.46. The molecule has 25 heavy (non-hydrogen) atoms. The SMILES string of the molecule is CN(C)C(=O)N1CCCC1C(=O)Nc1nnc(-c2ccc(Cl)cc2)s1. The predicted molar refractivity (Wildman–Crippen MR) is 97.8 cm³/mol. The third kappa shape index (κ3) is 3.91. The topological polar surface area (TPSA) is 78.4 Å². The number of urea groups is 1. The Kier molecular flexibility index (Phi) is 5.19. The fraction of sp³-hybridized carbons (Fsp3) is 0.375. The van der Waals surface area contributed by atoms with Gasteiger partial charge in [-0.15, -0.1) is 10.2 Å². The average Bonchev–Trinajstić information content (AvgIpc) is 3.24. The van der Waals surface area contributed by atoms with Crippen LogP contribution in [0.2, 0.25) is 5.02 Å². The van der Waals surface area contributed by atoms with E-state index in [4.69, 9.17) is 11.6 Å². The van der Waals surface area contributed by atoms with Gasteiger partial charge in [0.25, 0.3) is 0 Å². The zero-order valence-electron chi connectivity index (χ0n) is 13.9. The minimum absolute atomic E-state index is 0.156. The highest BCUT2D eigenvalue weighted by molar-refractivity contribution is 7.18. The van der Waals surface area contributed by atoms with Crippen molar-refractivity contribution >= 4 is 40.0 Å². The lowest BCUT2D eigenvalue weighted by molar-refractivity contribution is -0.119. The highest BCUT2D eigenvalue weighted by Crippen LogP contribution is 2.28. The van der Waals surface area contributed by atoms with Crippen molar-refractivity contribution in [1.29, 1.82) is 0 Å². The molecule has 7 nitrogen and oxygen atoms in total. The van der Waals surface area contributed by atoms with Crippen LogP contribution in [0, 0.1) is 0 Å². The third-order valence-corrected chi connectivity index (χ3v) is 5.07. The zero-order chi connectivity index (χ0) is 18.0. The van der Waals surface area contributed by atoms with Crippen molar-refractivity contribution in [1.82, 2.24) is 20.0 Å². The van der Waals surface area contributed by atoms with Crippen molar-refractivity contribution in [3.63, 3.8) is 0 Å². The molecular weight excluding hydrogens is 362 g/mol. The number of hydrogen-bond donors (Lipinski definition) is 1. The van der Waals surface area contributed by atoms with Gasteiger partial charge in [-0.1, -0.05) is 35.1 Å². The van der Waals surface area contributed by atoms with Gasteiger partial charge in [0.05, 0.1) is 0 Å². The fourth-order valence-electron chi connectivity index (χ4n) is 2.70. The van der Waals surface area contributed by atoms with Crippen LogP contribution in [0.1, 0.15) is 12.8 Å². The number of nitrogens with zero attached hydrogens (tertiary/aromatic N) is 4. The molecule has 0 bridgehead atoms. The monoisotopic (exact) mass is 379 g/mol. The number of nitrogens with one attached hydrogen (secondary N) is 1. The van der Waals surface area contributed by atoms with Gasteiger partial charge in [-0.25, -0.2) is 4.79 Å². The number of carbonyl (C=O) groups is 2. The van der Waals surface area contributed by atoms with Gasteiger partial charge in [-0.2, -0.15) is 0 Å². The molecule has 0 aliphatic carbocycles. The fourth-order valence-corrected chi connectivity index (χ4v) is 3.57. The van der Waals surface area contributed by atoms with Crippen LogP contribution in [-0.4, -0.2) is 58.6 Å². The van der Waals surface area contributed by atoms with Crippen LogP contribution in [0.4, 0.5) is 9.93 Å². The van der Waals surface area contributed by atoms with E-state index >= 15 is 0 Å². The van der Waals surface area contributed by atoms with E-state index in [1.165, 1.54) is 16.2 Å². The molecule has 0 spiro atoms. The smallest absolute Gasteiger partial charge is 0.320 e. The summed E-state index contributed by atoms with van der Waals surface area (Å²) in [4.78, 5) is 27.8. The van der Waals surface area contributed by atoms with Crippen LogP contribution in [-0.2, 0) is 4.79 Å². The highest BCUT2D eigenvalue weighted by Gasteiger charge is 2.35. The standard InChI is InChI=1S/C16H18ClN5O2S/c1-21(2)16(24)22-9-3-4-12(22)13(23)18-15-20-19-14(25-15)10-5-7-11(17)8-6-10/h5-8,12H,3-4,9H2,1-2H3,(H,18,20,23). The zero-order valence-corrected chi connectivity index (χ0v) is 15.5. The van der Waals surface area contributed by atoms with Crippen LogP contribution in [0.15, 0.2) is 24.3 Å². The van der Waals surface area contributed by atoms with Gasteiger partial charge in [0.15, 0.2) is 0 Å². The van der Waals surface area contributed by atoms with Crippen LogP contribution < -0.4 is 5.32 Å². The highest BCUT2D eigenvalue weighted by atomic mass is 35.5. The predicted octanol–water partition coefficient (Wildman–Crippen LogP) is 2.94. The van der Waals surface area contributed by atoms with Crippen molar-refractivity contribution in [3.8, 4) is 10.6 Å². The van der Waals surface area contributed by atoms with Gasteiger partial charge < -0.3 is 9.80 Å². The number of likely N-dealkylation sites (tertiary alicyclic amines) is 1. The minimum Gasteiger partial charge on any atom is -0.331 e. The Labute approximate surface area is 154 Å². The minimum atomic E-state index is -0.474. The third-order valence-electron chi connectivity index (χ3n) is 3.93. The number of rotatable bonds is 3. The molecule has 1 unspecified atom stereocenters. The molecule has 3 rings (SSSR count). The molecule has 1 N–H and O–H groups in total. The lowest BCUT2D eigenvalue weighted by Crippen LogP contribution is -2.47. The van der Waals surface area contributed by atoms with Gasteiger partial charge >= 0.3 is 6.03 Å². The number of halogens is 1. The van der Waals surface area contributed by atoms with E-state index in [2.05, 4.69) is 15.5 Å². The van der Waals surface area contributed by atoms with Crippen molar-refractivity contribution in [2.75, 3.05) is 26.0 Å². The maximum absolute atomic E-state index is 12.5. The normalized spacial score (nSPS) is 16.8. The van der Waals surface area contributed by atoms with Crippen LogP contribution in [0.3, 0.4) is 0 Å². The van der Waals surface area contributed by atoms with Crippen molar-refractivity contribution < 1.29 is 9.59 Å². The Morgan fingerprint density at radius 2 is 2.00 bits per heavy atom. The number of benzene rings is 1. The van der Waals surface area contributed by atoms with Crippen molar-refractivity contribution in [3.05, 3.63) is 29.3 Å². The van der Waals surface area contributed by atoms with Crippen molar-refractivity contribution in [2.24, 2.45) is 0 Å². The molecule has 3 amide bonds. The maximum atomic E-state index is 12.5. The number of carbonyl (C=O) groups excluding carboxylic acids is 2. The molecule has 2 aromatic rings. The number of anilines is 1. The molecule has 1 saturated heterocycles. The molecule has 1 atom stereocenters. The van der Waals surface area contributed by atoms with E-state index in [1.54, 1.807) is 31.1 Å². The quantitative estimate of drug-likeness (QED) is 0.889. The van der Waals surface area contributed by atoms with E-state index in [0.717, 1.165) is 12.0 Å². The summed E-state index contributed by atoms with van der Waals surface area (Å²) in [5.74, 6) is -0.230. The summed E-state index contributed by atoms with van der Waals surface area (Å²) >= 11 is 7.17. The molecule has 1 aliphatic heterocycles. The number of amides is 3. The molecule has 0 saturated carbocycles. The summed E-state index contributed by atoms with van der Waals surface area (Å²) in [6, 6.07) is 6.63. The summed E-state index contributed by atoms with van der Waals surface area (Å²) in [5.41, 5.74) is 0.882. The van der Waals surface area contributed by atoms with E-state index < -0.39 is 6.04 Å². The number of hydrogen-bond acceptors (Lipinski definition) is 5. The second-order valence-electron chi connectivity index (χ2n) is 5.94. The first-order chi connectivity index (χ1) is 12.0. The van der Waals surface area contributed by atoms with Gasteiger partial charge in [0, 0.05) is 31.2 Å². The second kappa shape index (κ2) is 7.37. The summed E-state index contributed by atoms with van der Waals surface area (Å²) in [5, 5.41) is 12.7. The Morgan fingerprint density at radius 1 is 1.28 bits per heavy atom. The van der Waals surface area contributed by atoms with Gasteiger partial charge in [0.2, 0.25) is 11.0 Å². The molecule has 0 radical (unpaired) electrons. The average molecular weight is 380 g/mol. The lowest BCUT2D eigenvalue weighted by atomic mass is 10.2. The van der Waals surface area contributed by atoms with E-state index in [0.29, 0.717) is 28.1 Å². The molecule has 132 valence electrons. The second-order valence-corrected chi connectivity index (χ2v) is 7.35.